The minimum Gasteiger partial charge on any atom is -0.397 e. The fourth-order valence-electron chi connectivity index (χ4n) is 2.09. The highest BCUT2D eigenvalue weighted by atomic mass is 19.1. The van der Waals surface area contributed by atoms with E-state index < -0.39 is 0 Å². The second-order valence-corrected chi connectivity index (χ2v) is 4.63. The second kappa shape index (κ2) is 6.85. The van der Waals surface area contributed by atoms with Gasteiger partial charge in [0.05, 0.1) is 24.4 Å². The fourth-order valence-corrected chi connectivity index (χ4v) is 2.09. The van der Waals surface area contributed by atoms with E-state index in [1.54, 1.807) is 36.4 Å². The predicted octanol–water partition coefficient (Wildman–Crippen LogP) is 1.98. The molecule has 4 nitrogen and oxygen atoms in total. The van der Waals surface area contributed by atoms with Crippen LogP contribution in [0.25, 0.3) is 0 Å². The maximum absolute atomic E-state index is 12.9. The van der Waals surface area contributed by atoms with Gasteiger partial charge in [0, 0.05) is 6.54 Å². The average molecular weight is 288 g/mol. The minimum absolute atomic E-state index is 0.120. The maximum Gasteiger partial charge on any atom is 0.231 e. The molecule has 0 aromatic heterocycles. The highest BCUT2D eigenvalue weighted by Gasteiger charge is 2.17. The van der Waals surface area contributed by atoms with Crippen LogP contribution in [0.3, 0.4) is 0 Å². The Labute approximate surface area is 122 Å². The zero-order valence-electron chi connectivity index (χ0n) is 11.5. The number of halogens is 1. The lowest BCUT2D eigenvalue weighted by Crippen LogP contribution is -2.35. The van der Waals surface area contributed by atoms with Gasteiger partial charge < -0.3 is 15.7 Å². The van der Waals surface area contributed by atoms with Crippen molar-refractivity contribution in [2.45, 2.75) is 6.42 Å². The van der Waals surface area contributed by atoms with Gasteiger partial charge in [0.15, 0.2) is 0 Å². The summed E-state index contributed by atoms with van der Waals surface area (Å²) in [5.74, 6) is -0.542. The molecule has 0 spiro atoms. The van der Waals surface area contributed by atoms with Gasteiger partial charge in [-0.1, -0.05) is 24.3 Å². The first kappa shape index (κ1) is 15.0. The number of nitrogens with zero attached hydrogens (tertiary/aromatic N) is 1. The van der Waals surface area contributed by atoms with Crippen LogP contribution in [-0.2, 0) is 11.2 Å². The van der Waals surface area contributed by atoms with Gasteiger partial charge in [0.2, 0.25) is 5.91 Å². The van der Waals surface area contributed by atoms with E-state index in [1.807, 2.05) is 0 Å². The summed E-state index contributed by atoms with van der Waals surface area (Å²) in [4.78, 5) is 13.8. The van der Waals surface area contributed by atoms with Crippen LogP contribution in [0.2, 0.25) is 0 Å². The molecule has 1 amide bonds. The molecule has 0 atom stereocenters. The van der Waals surface area contributed by atoms with E-state index in [2.05, 4.69) is 0 Å². The second-order valence-electron chi connectivity index (χ2n) is 4.63. The summed E-state index contributed by atoms with van der Waals surface area (Å²) in [5, 5.41) is 9.16. The number of carbonyl (C=O) groups excluding carboxylic acids is 1. The van der Waals surface area contributed by atoms with Crippen LogP contribution in [0.1, 0.15) is 5.56 Å². The van der Waals surface area contributed by atoms with E-state index in [1.165, 1.54) is 17.0 Å². The average Bonchev–Trinajstić information content (AvgIpc) is 2.48. The van der Waals surface area contributed by atoms with Crippen molar-refractivity contribution >= 4 is 17.3 Å². The van der Waals surface area contributed by atoms with Gasteiger partial charge in [-0.15, -0.1) is 0 Å². The van der Waals surface area contributed by atoms with Crippen LogP contribution in [0, 0.1) is 5.82 Å². The summed E-state index contributed by atoms with van der Waals surface area (Å²) in [7, 11) is 0. The van der Waals surface area contributed by atoms with E-state index in [0.717, 1.165) is 0 Å². The topological polar surface area (TPSA) is 66.6 Å². The van der Waals surface area contributed by atoms with Gasteiger partial charge in [0.25, 0.3) is 0 Å². The lowest BCUT2D eigenvalue weighted by atomic mass is 10.1. The largest absolute Gasteiger partial charge is 0.397 e. The molecule has 0 saturated heterocycles. The van der Waals surface area contributed by atoms with Crippen LogP contribution in [-0.4, -0.2) is 24.2 Å². The van der Waals surface area contributed by atoms with Crippen LogP contribution in [0.4, 0.5) is 15.8 Å². The van der Waals surface area contributed by atoms with Crippen molar-refractivity contribution in [3.8, 4) is 0 Å². The van der Waals surface area contributed by atoms with E-state index in [4.69, 9.17) is 10.8 Å². The zero-order valence-corrected chi connectivity index (χ0v) is 11.5. The van der Waals surface area contributed by atoms with Crippen LogP contribution >= 0.6 is 0 Å². The third kappa shape index (κ3) is 3.79. The number of rotatable bonds is 5. The molecule has 5 heteroatoms. The lowest BCUT2D eigenvalue weighted by molar-refractivity contribution is -0.118. The highest BCUT2D eigenvalue weighted by Crippen LogP contribution is 2.23. The predicted molar refractivity (Wildman–Crippen MR) is 80.4 cm³/mol. The van der Waals surface area contributed by atoms with Gasteiger partial charge in [-0.2, -0.15) is 0 Å². The van der Waals surface area contributed by atoms with Crippen molar-refractivity contribution in [2.24, 2.45) is 0 Å². The number of aliphatic hydroxyl groups excluding tert-OH is 1. The van der Waals surface area contributed by atoms with Gasteiger partial charge in [-0.25, -0.2) is 4.39 Å². The van der Waals surface area contributed by atoms with E-state index in [0.29, 0.717) is 16.9 Å². The van der Waals surface area contributed by atoms with Crippen molar-refractivity contribution in [1.29, 1.82) is 0 Å². The summed E-state index contributed by atoms with van der Waals surface area (Å²) in [6, 6.07) is 12.8. The molecule has 0 radical (unpaired) electrons. The van der Waals surface area contributed by atoms with Crippen molar-refractivity contribution in [3.05, 3.63) is 59.9 Å². The number of aliphatic hydroxyl groups is 1. The van der Waals surface area contributed by atoms with Crippen LogP contribution < -0.4 is 10.6 Å². The number of hydrogen-bond donors (Lipinski definition) is 2. The lowest BCUT2D eigenvalue weighted by Gasteiger charge is -2.23. The Hall–Kier alpha value is -2.40. The fraction of sp³-hybridized carbons (Fsp3) is 0.188. The molecule has 0 bridgehead atoms. The molecule has 0 saturated carbocycles. The summed E-state index contributed by atoms with van der Waals surface area (Å²) in [6.45, 7) is -0.00225. The van der Waals surface area contributed by atoms with Crippen LogP contribution in [0.15, 0.2) is 48.5 Å². The Bertz CT molecular complexity index is 614. The van der Waals surface area contributed by atoms with Gasteiger partial charge in [-0.3, -0.25) is 4.79 Å². The third-order valence-corrected chi connectivity index (χ3v) is 3.12. The van der Waals surface area contributed by atoms with Gasteiger partial charge in [-0.05, 0) is 29.8 Å². The third-order valence-electron chi connectivity index (χ3n) is 3.12. The van der Waals surface area contributed by atoms with E-state index in [-0.39, 0.29) is 31.3 Å². The van der Waals surface area contributed by atoms with Crippen molar-refractivity contribution in [2.75, 3.05) is 23.8 Å². The number of nitrogen functional groups attached to an aromatic ring is 1. The first-order valence-electron chi connectivity index (χ1n) is 6.62. The Morgan fingerprint density at radius 1 is 1.14 bits per heavy atom. The summed E-state index contributed by atoms with van der Waals surface area (Å²) in [6.07, 6.45) is 0.120. The Balaban J connectivity index is 2.20. The first-order valence-corrected chi connectivity index (χ1v) is 6.62. The Morgan fingerprint density at radius 3 is 2.43 bits per heavy atom. The molecule has 21 heavy (non-hydrogen) atoms. The van der Waals surface area contributed by atoms with E-state index >= 15 is 0 Å². The monoisotopic (exact) mass is 288 g/mol. The number of nitrogens with two attached hydrogens (primary N) is 1. The van der Waals surface area contributed by atoms with Gasteiger partial charge in [0.1, 0.15) is 5.82 Å². The number of benzene rings is 2. The normalized spacial score (nSPS) is 10.4. The number of para-hydroxylation sites is 2. The number of anilines is 2. The Morgan fingerprint density at radius 2 is 1.81 bits per heavy atom. The summed E-state index contributed by atoms with van der Waals surface area (Å²) < 4.78 is 12.9. The molecule has 0 aliphatic rings. The summed E-state index contributed by atoms with van der Waals surface area (Å²) in [5.41, 5.74) is 7.62. The SMILES string of the molecule is Nc1ccccc1N(CCO)C(=O)Cc1ccc(F)cc1. The number of hydrogen-bond acceptors (Lipinski definition) is 3. The van der Waals surface area contributed by atoms with Crippen LogP contribution in [0.5, 0.6) is 0 Å². The van der Waals surface area contributed by atoms with Crippen molar-refractivity contribution in [3.63, 3.8) is 0 Å². The number of amides is 1. The molecule has 2 aromatic rings. The van der Waals surface area contributed by atoms with Crippen molar-refractivity contribution < 1.29 is 14.3 Å². The molecule has 0 heterocycles. The first-order chi connectivity index (χ1) is 10.1. The molecule has 2 rings (SSSR count). The molecule has 110 valence electrons. The van der Waals surface area contributed by atoms with Gasteiger partial charge >= 0.3 is 0 Å². The smallest absolute Gasteiger partial charge is 0.231 e. The molecule has 0 aliphatic carbocycles. The highest BCUT2D eigenvalue weighted by molar-refractivity contribution is 5.97. The van der Waals surface area contributed by atoms with Crippen molar-refractivity contribution in [1.82, 2.24) is 0 Å². The molecule has 2 aromatic carbocycles. The van der Waals surface area contributed by atoms with E-state index in [9.17, 15) is 9.18 Å². The molecule has 3 N–H and O–H groups in total. The standard InChI is InChI=1S/C16H17FN2O2/c17-13-7-5-12(6-8-13)11-16(21)19(9-10-20)15-4-2-1-3-14(15)18/h1-8,20H,9-11,18H2. The molecular formula is C16H17FN2O2. The Kier molecular flexibility index (Phi) is 4.90. The molecule has 0 unspecified atom stereocenters. The zero-order chi connectivity index (χ0) is 15.2. The molecule has 0 aliphatic heterocycles. The molecule has 0 fully saturated rings. The minimum atomic E-state index is -0.342. The summed E-state index contributed by atoms with van der Waals surface area (Å²) >= 11 is 0. The number of carbonyl (C=O) groups is 1. The maximum atomic E-state index is 12.9. The molecular weight excluding hydrogens is 271 g/mol. The quantitative estimate of drug-likeness (QED) is 0.827.